The van der Waals surface area contributed by atoms with Crippen molar-refractivity contribution in [2.45, 2.75) is 0 Å². The molecule has 0 aliphatic rings. The molecular weight excluding hydrogens is 285 g/mol. The molecule has 0 saturated carbocycles. The maximum atomic E-state index is 12.2. The highest BCUT2D eigenvalue weighted by molar-refractivity contribution is 6.40. The predicted molar refractivity (Wildman–Crippen MR) is 78.2 cm³/mol. The summed E-state index contributed by atoms with van der Waals surface area (Å²) in [6, 6.07) is 6.74. The fourth-order valence-corrected chi connectivity index (χ4v) is 2.08. The van der Waals surface area contributed by atoms with Gasteiger partial charge in [-0.2, -0.15) is 0 Å². The predicted octanol–water partition coefficient (Wildman–Crippen LogP) is 3.68. The zero-order valence-corrected chi connectivity index (χ0v) is 11.6. The second kappa shape index (κ2) is 5.91. The van der Waals surface area contributed by atoms with Crippen LogP contribution in [0.1, 0.15) is 10.4 Å². The second-order valence-corrected chi connectivity index (χ2v) is 4.54. The molecule has 0 bridgehead atoms. The summed E-state index contributed by atoms with van der Waals surface area (Å²) in [6.07, 6.45) is 3.08. The number of benzene rings is 1. The molecule has 19 heavy (non-hydrogen) atoms. The van der Waals surface area contributed by atoms with Crippen molar-refractivity contribution in [2.24, 2.45) is 0 Å². The number of hydrogen-bond donors (Lipinski definition) is 2. The van der Waals surface area contributed by atoms with Gasteiger partial charge in [-0.25, -0.2) is 0 Å². The van der Waals surface area contributed by atoms with E-state index >= 15 is 0 Å². The number of nitrogens with one attached hydrogen (secondary N) is 2. The number of nitrogens with zero attached hydrogens (tertiary/aromatic N) is 1. The van der Waals surface area contributed by atoms with Crippen LogP contribution in [0.4, 0.5) is 11.4 Å². The number of amides is 1. The molecule has 1 heterocycles. The Hall–Kier alpha value is -1.78. The van der Waals surface area contributed by atoms with Gasteiger partial charge in [0.1, 0.15) is 0 Å². The first-order chi connectivity index (χ1) is 9.13. The lowest BCUT2D eigenvalue weighted by atomic mass is 10.2. The van der Waals surface area contributed by atoms with Gasteiger partial charge in [0.15, 0.2) is 0 Å². The highest BCUT2D eigenvalue weighted by atomic mass is 35.5. The topological polar surface area (TPSA) is 54.0 Å². The number of carbonyl (C=O) groups is 1. The van der Waals surface area contributed by atoms with E-state index in [0.717, 1.165) is 0 Å². The Kier molecular flexibility index (Phi) is 4.24. The Morgan fingerprint density at radius 2 is 1.89 bits per heavy atom. The Bertz CT molecular complexity index is 596. The molecule has 0 spiro atoms. The third kappa shape index (κ3) is 2.97. The molecule has 1 aromatic carbocycles. The summed E-state index contributed by atoms with van der Waals surface area (Å²) in [5.41, 5.74) is 1.48. The molecule has 0 saturated heterocycles. The van der Waals surface area contributed by atoms with Crippen molar-refractivity contribution in [1.29, 1.82) is 0 Å². The van der Waals surface area contributed by atoms with E-state index in [-0.39, 0.29) is 5.91 Å². The van der Waals surface area contributed by atoms with Gasteiger partial charge in [0.25, 0.3) is 5.91 Å². The molecule has 1 amide bonds. The molecule has 0 aliphatic heterocycles. The van der Waals surface area contributed by atoms with Crippen molar-refractivity contribution in [3.8, 4) is 0 Å². The summed E-state index contributed by atoms with van der Waals surface area (Å²) in [4.78, 5) is 16.1. The lowest BCUT2D eigenvalue weighted by Crippen LogP contribution is -2.14. The van der Waals surface area contributed by atoms with Crippen LogP contribution in [0.2, 0.25) is 10.0 Å². The lowest BCUT2D eigenvalue weighted by molar-refractivity contribution is 0.102. The first-order valence-corrected chi connectivity index (χ1v) is 6.26. The quantitative estimate of drug-likeness (QED) is 0.908. The fourth-order valence-electron chi connectivity index (χ4n) is 1.59. The van der Waals surface area contributed by atoms with Crippen molar-refractivity contribution < 1.29 is 4.79 Å². The third-order valence-electron chi connectivity index (χ3n) is 2.54. The van der Waals surface area contributed by atoms with Crippen LogP contribution in [-0.2, 0) is 0 Å². The fraction of sp³-hybridized carbons (Fsp3) is 0.0769. The van der Waals surface area contributed by atoms with E-state index in [1.807, 2.05) is 0 Å². The van der Waals surface area contributed by atoms with Crippen LogP contribution >= 0.6 is 23.2 Å². The van der Waals surface area contributed by atoms with Crippen LogP contribution in [0.3, 0.4) is 0 Å². The summed E-state index contributed by atoms with van der Waals surface area (Å²) in [5, 5.41) is 6.38. The van der Waals surface area contributed by atoms with Gasteiger partial charge in [-0.05, 0) is 18.2 Å². The van der Waals surface area contributed by atoms with Crippen molar-refractivity contribution in [3.05, 3.63) is 52.3 Å². The van der Waals surface area contributed by atoms with Crippen molar-refractivity contribution in [2.75, 3.05) is 17.7 Å². The van der Waals surface area contributed by atoms with E-state index < -0.39 is 0 Å². The molecule has 0 unspecified atom stereocenters. The van der Waals surface area contributed by atoms with Crippen LogP contribution in [0.5, 0.6) is 0 Å². The van der Waals surface area contributed by atoms with Gasteiger partial charge in [0.2, 0.25) is 0 Å². The smallest absolute Gasteiger partial charge is 0.259 e. The zero-order chi connectivity index (χ0) is 13.8. The average molecular weight is 296 g/mol. The number of anilines is 2. The second-order valence-electron chi connectivity index (χ2n) is 3.72. The Morgan fingerprint density at radius 1 is 1.21 bits per heavy atom. The number of pyridine rings is 1. The first-order valence-electron chi connectivity index (χ1n) is 5.50. The molecule has 0 aliphatic carbocycles. The van der Waals surface area contributed by atoms with Gasteiger partial charge in [-0.15, -0.1) is 0 Å². The third-order valence-corrected chi connectivity index (χ3v) is 3.17. The number of aromatic nitrogens is 1. The van der Waals surface area contributed by atoms with Crippen LogP contribution < -0.4 is 10.6 Å². The van der Waals surface area contributed by atoms with E-state index in [4.69, 9.17) is 23.2 Å². The largest absolute Gasteiger partial charge is 0.387 e. The molecular formula is C13H11Cl2N3O. The summed E-state index contributed by atoms with van der Waals surface area (Å²) in [6.45, 7) is 0. The minimum atomic E-state index is -0.326. The van der Waals surface area contributed by atoms with Crippen LogP contribution in [0.15, 0.2) is 36.7 Å². The van der Waals surface area contributed by atoms with Gasteiger partial charge in [-0.3, -0.25) is 9.78 Å². The van der Waals surface area contributed by atoms with Gasteiger partial charge < -0.3 is 10.6 Å². The van der Waals surface area contributed by atoms with Gasteiger partial charge >= 0.3 is 0 Å². The Balaban J connectivity index is 2.31. The lowest BCUT2D eigenvalue weighted by Gasteiger charge is -2.11. The minimum Gasteiger partial charge on any atom is -0.387 e. The number of rotatable bonds is 3. The maximum absolute atomic E-state index is 12.2. The molecule has 2 N–H and O–H groups in total. The van der Waals surface area contributed by atoms with Crippen LogP contribution in [-0.4, -0.2) is 17.9 Å². The molecule has 1 aromatic heterocycles. The van der Waals surface area contributed by atoms with Crippen molar-refractivity contribution in [1.82, 2.24) is 4.98 Å². The standard InChI is InChI=1S/C13H11Cl2N3O/c1-16-11-5-6-17-7-8(11)13(19)18-12-9(14)3-2-4-10(12)15/h2-7H,1H3,(H,16,17)(H,18,19). The van der Waals surface area contributed by atoms with Crippen molar-refractivity contribution >= 4 is 40.5 Å². The average Bonchev–Trinajstić information content (AvgIpc) is 2.42. The molecule has 0 radical (unpaired) electrons. The van der Waals surface area contributed by atoms with Crippen LogP contribution in [0, 0.1) is 0 Å². The monoisotopic (exact) mass is 295 g/mol. The van der Waals surface area contributed by atoms with E-state index in [9.17, 15) is 4.79 Å². The first kappa shape index (κ1) is 13.6. The van der Waals surface area contributed by atoms with Gasteiger partial charge in [0, 0.05) is 25.1 Å². The highest BCUT2D eigenvalue weighted by Gasteiger charge is 2.14. The number of para-hydroxylation sites is 1. The Morgan fingerprint density at radius 3 is 2.53 bits per heavy atom. The SMILES string of the molecule is CNc1ccncc1C(=O)Nc1c(Cl)cccc1Cl. The molecule has 0 fully saturated rings. The number of halogens is 2. The molecule has 2 aromatic rings. The van der Waals surface area contributed by atoms with Gasteiger partial charge in [-0.1, -0.05) is 29.3 Å². The summed E-state index contributed by atoms with van der Waals surface area (Å²) >= 11 is 12.0. The van der Waals surface area contributed by atoms with E-state index in [0.29, 0.717) is 27.0 Å². The number of carbonyl (C=O) groups excluding carboxylic acids is 1. The summed E-state index contributed by atoms with van der Waals surface area (Å²) in [5.74, 6) is -0.326. The highest BCUT2D eigenvalue weighted by Crippen LogP contribution is 2.30. The Labute approximate surface area is 120 Å². The minimum absolute atomic E-state index is 0.326. The molecule has 0 atom stereocenters. The molecule has 2 rings (SSSR count). The van der Waals surface area contributed by atoms with Gasteiger partial charge in [0.05, 0.1) is 21.3 Å². The van der Waals surface area contributed by atoms with E-state index in [2.05, 4.69) is 15.6 Å². The van der Waals surface area contributed by atoms with Crippen molar-refractivity contribution in [3.63, 3.8) is 0 Å². The van der Waals surface area contributed by atoms with E-state index in [1.54, 1.807) is 37.5 Å². The molecule has 6 heteroatoms. The summed E-state index contributed by atoms with van der Waals surface area (Å²) < 4.78 is 0. The number of hydrogen-bond acceptors (Lipinski definition) is 3. The maximum Gasteiger partial charge on any atom is 0.259 e. The van der Waals surface area contributed by atoms with E-state index in [1.165, 1.54) is 6.20 Å². The molecule has 4 nitrogen and oxygen atoms in total. The normalized spacial score (nSPS) is 10.1. The summed E-state index contributed by atoms with van der Waals surface area (Å²) in [7, 11) is 1.73. The zero-order valence-electron chi connectivity index (χ0n) is 10.1. The molecule has 98 valence electrons. The van der Waals surface area contributed by atoms with Crippen LogP contribution in [0.25, 0.3) is 0 Å².